The number of likely N-dealkylation sites (tertiary alicyclic amines) is 1. The smallest absolute Gasteiger partial charge is 0.317 e. The first-order chi connectivity index (χ1) is 8.19. The van der Waals surface area contributed by atoms with Crippen molar-refractivity contribution >= 4 is 6.03 Å². The molecule has 1 saturated carbocycles. The highest BCUT2D eigenvalue weighted by Gasteiger charge is 2.37. The number of aliphatic hydroxyl groups excluding tert-OH is 1. The van der Waals surface area contributed by atoms with Crippen molar-refractivity contribution in [3.8, 4) is 0 Å². The molecule has 0 aromatic heterocycles. The molecule has 0 radical (unpaired) electrons. The van der Waals surface area contributed by atoms with Crippen molar-refractivity contribution in [1.29, 1.82) is 0 Å². The molecule has 0 aromatic carbocycles. The van der Waals surface area contributed by atoms with Crippen molar-refractivity contribution in [2.24, 2.45) is 5.92 Å². The lowest BCUT2D eigenvalue weighted by atomic mass is 9.80. The molecule has 5 nitrogen and oxygen atoms in total. The van der Waals surface area contributed by atoms with Crippen LogP contribution in [0.4, 0.5) is 4.79 Å². The summed E-state index contributed by atoms with van der Waals surface area (Å²) in [7, 11) is 1.71. The van der Waals surface area contributed by atoms with Gasteiger partial charge >= 0.3 is 6.03 Å². The van der Waals surface area contributed by atoms with Gasteiger partial charge in [0.1, 0.15) is 0 Å². The molecule has 2 fully saturated rings. The number of carbonyl (C=O) groups excluding carboxylic acids is 1. The van der Waals surface area contributed by atoms with Crippen molar-refractivity contribution < 1.29 is 14.6 Å². The van der Waals surface area contributed by atoms with Crippen molar-refractivity contribution in [2.45, 2.75) is 31.3 Å². The number of nitrogens with zero attached hydrogens (tertiary/aromatic N) is 1. The molecular formula is C12H22N2O3. The van der Waals surface area contributed by atoms with E-state index in [2.05, 4.69) is 5.32 Å². The van der Waals surface area contributed by atoms with Crippen molar-refractivity contribution in [2.75, 3.05) is 33.4 Å². The second-order valence-corrected chi connectivity index (χ2v) is 5.18. The van der Waals surface area contributed by atoms with Crippen LogP contribution in [0.15, 0.2) is 0 Å². The summed E-state index contributed by atoms with van der Waals surface area (Å²) < 4.78 is 5.46. The first kappa shape index (κ1) is 12.6. The maximum atomic E-state index is 11.9. The highest BCUT2D eigenvalue weighted by molar-refractivity contribution is 5.74. The summed E-state index contributed by atoms with van der Waals surface area (Å²) in [5.74, 6) is 0.251. The first-order valence-corrected chi connectivity index (χ1v) is 6.38. The Morgan fingerprint density at radius 3 is 2.82 bits per heavy atom. The van der Waals surface area contributed by atoms with E-state index in [0.717, 1.165) is 25.8 Å². The largest absolute Gasteiger partial charge is 0.396 e. The standard InChI is InChI=1S/C12H22N2O3/c1-17-12(4-2-5-12)9-13-11(16)14-6-3-10(7-14)8-15/h10,15H,2-9H2,1H3,(H,13,16). The van der Waals surface area contributed by atoms with Gasteiger partial charge in [0.25, 0.3) is 0 Å². The number of carbonyl (C=O) groups is 1. The number of amides is 2. The number of hydrogen-bond acceptors (Lipinski definition) is 3. The van der Waals surface area contributed by atoms with E-state index in [0.29, 0.717) is 13.1 Å². The molecule has 1 heterocycles. The Labute approximate surface area is 102 Å². The lowest BCUT2D eigenvalue weighted by Crippen LogP contribution is -2.51. The van der Waals surface area contributed by atoms with Crippen molar-refractivity contribution in [1.82, 2.24) is 10.2 Å². The molecule has 0 aromatic rings. The van der Waals surface area contributed by atoms with Gasteiger partial charge in [0, 0.05) is 39.3 Å². The molecule has 1 atom stereocenters. The van der Waals surface area contributed by atoms with E-state index in [1.807, 2.05) is 0 Å². The molecule has 1 aliphatic heterocycles. The van der Waals surface area contributed by atoms with E-state index in [1.165, 1.54) is 6.42 Å². The Balaban J connectivity index is 1.74. The minimum absolute atomic E-state index is 0.0238. The molecule has 0 bridgehead atoms. The molecule has 5 heteroatoms. The molecular weight excluding hydrogens is 220 g/mol. The van der Waals surface area contributed by atoms with Crippen LogP contribution < -0.4 is 5.32 Å². The van der Waals surface area contributed by atoms with E-state index in [-0.39, 0.29) is 24.2 Å². The highest BCUT2D eigenvalue weighted by Crippen LogP contribution is 2.34. The zero-order chi connectivity index (χ0) is 12.3. The molecule has 2 amide bonds. The number of nitrogens with one attached hydrogen (secondary N) is 1. The zero-order valence-electron chi connectivity index (χ0n) is 10.4. The molecule has 17 heavy (non-hydrogen) atoms. The Kier molecular flexibility index (Phi) is 3.89. The van der Waals surface area contributed by atoms with Crippen LogP contribution in [0.25, 0.3) is 0 Å². The van der Waals surface area contributed by atoms with E-state index in [4.69, 9.17) is 9.84 Å². The van der Waals surface area contributed by atoms with Crippen LogP contribution in [-0.4, -0.2) is 55.0 Å². The molecule has 1 unspecified atom stereocenters. The summed E-state index contributed by atoms with van der Waals surface area (Å²) in [5.41, 5.74) is -0.119. The summed E-state index contributed by atoms with van der Waals surface area (Å²) in [6.07, 6.45) is 4.14. The normalized spacial score (nSPS) is 26.7. The minimum atomic E-state index is -0.119. The van der Waals surface area contributed by atoms with Gasteiger partial charge in [-0.15, -0.1) is 0 Å². The number of ether oxygens (including phenoxy) is 1. The minimum Gasteiger partial charge on any atom is -0.396 e. The van der Waals surface area contributed by atoms with Crippen LogP contribution in [0.5, 0.6) is 0 Å². The van der Waals surface area contributed by atoms with E-state index < -0.39 is 0 Å². The Bertz CT molecular complexity index is 273. The van der Waals surface area contributed by atoms with Gasteiger partial charge in [-0.25, -0.2) is 4.79 Å². The molecule has 98 valence electrons. The van der Waals surface area contributed by atoms with Crippen LogP contribution in [0, 0.1) is 5.92 Å². The molecule has 2 rings (SSSR count). The van der Waals surface area contributed by atoms with Gasteiger partial charge in [0.15, 0.2) is 0 Å². The number of urea groups is 1. The molecule has 2 N–H and O–H groups in total. The topological polar surface area (TPSA) is 61.8 Å². The average molecular weight is 242 g/mol. The number of aliphatic hydroxyl groups is 1. The highest BCUT2D eigenvalue weighted by atomic mass is 16.5. The third-order valence-corrected chi connectivity index (χ3v) is 4.09. The lowest BCUT2D eigenvalue weighted by Gasteiger charge is -2.40. The lowest BCUT2D eigenvalue weighted by molar-refractivity contribution is -0.0678. The summed E-state index contributed by atoms with van der Waals surface area (Å²) in [6, 6.07) is -0.0238. The van der Waals surface area contributed by atoms with E-state index in [1.54, 1.807) is 12.0 Å². The van der Waals surface area contributed by atoms with Crippen molar-refractivity contribution in [3.05, 3.63) is 0 Å². The van der Waals surface area contributed by atoms with Gasteiger partial charge in [-0.3, -0.25) is 0 Å². The zero-order valence-corrected chi connectivity index (χ0v) is 10.4. The third-order valence-electron chi connectivity index (χ3n) is 4.09. The number of rotatable bonds is 4. The average Bonchev–Trinajstić information content (AvgIpc) is 2.76. The fourth-order valence-electron chi connectivity index (χ4n) is 2.54. The van der Waals surface area contributed by atoms with Gasteiger partial charge in [-0.2, -0.15) is 0 Å². The Morgan fingerprint density at radius 2 is 2.35 bits per heavy atom. The van der Waals surface area contributed by atoms with Gasteiger partial charge in [0.2, 0.25) is 0 Å². The number of methoxy groups -OCH3 is 1. The second kappa shape index (κ2) is 5.23. The van der Waals surface area contributed by atoms with Crippen LogP contribution in [0.1, 0.15) is 25.7 Å². The van der Waals surface area contributed by atoms with Crippen LogP contribution in [-0.2, 0) is 4.74 Å². The summed E-state index contributed by atoms with van der Waals surface area (Å²) in [5, 5.41) is 12.0. The summed E-state index contributed by atoms with van der Waals surface area (Å²) in [6.45, 7) is 2.19. The quantitative estimate of drug-likeness (QED) is 0.758. The second-order valence-electron chi connectivity index (χ2n) is 5.18. The SMILES string of the molecule is COC1(CNC(=O)N2CCC(CO)C2)CCC1. The molecule has 0 spiro atoms. The molecule has 1 saturated heterocycles. The monoisotopic (exact) mass is 242 g/mol. The van der Waals surface area contributed by atoms with Gasteiger partial charge in [-0.1, -0.05) is 0 Å². The molecule has 2 aliphatic rings. The summed E-state index contributed by atoms with van der Waals surface area (Å²) >= 11 is 0. The summed E-state index contributed by atoms with van der Waals surface area (Å²) in [4.78, 5) is 13.7. The van der Waals surface area contributed by atoms with Crippen LogP contribution in [0.2, 0.25) is 0 Å². The maximum Gasteiger partial charge on any atom is 0.317 e. The van der Waals surface area contributed by atoms with Gasteiger partial charge < -0.3 is 20.1 Å². The number of hydrogen-bond donors (Lipinski definition) is 2. The fourth-order valence-corrected chi connectivity index (χ4v) is 2.54. The van der Waals surface area contributed by atoms with Gasteiger partial charge in [-0.05, 0) is 25.7 Å². The third kappa shape index (κ3) is 2.72. The maximum absolute atomic E-state index is 11.9. The van der Waals surface area contributed by atoms with Gasteiger partial charge in [0.05, 0.1) is 5.60 Å². The van der Waals surface area contributed by atoms with Crippen molar-refractivity contribution in [3.63, 3.8) is 0 Å². The molecule has 1 aliphatic carbocycles. The van der Waals surface area contributed by atoms with Crippen LogP contribution in [0.3, 0.4) is 0 Å². The predicted octanol–water partition coefficient (Wildman–Crippen LogP) is 0.579. The Hall–Kier alpha value is -0.810. The van der Waals surface area contributed by atoms with E-state index in [9.17, 15) is 4.79 Å². The fraction of sp³-hybridized carbons (Fsp3) is 0.917. The first-order valence-electron chi connectivity index (χ1n) is 6.38. The van der Waals surface area contributed by atoms with Crippen LogP contribution >= 0.6 is 0 Å². The predicted molar refractivity (Wildman–Crippen MR) is 63.8 cm³/mol. The Morgan fingerprint density at radius 1 is 1.59 bits per heavy atom. The van der Waals surface area contributed by atoms with E-state index >= 15 is 0 Å².